The van der Waals surface area contributed by atoms with E-state index in [-0.39, 0.29) is 38.1 Å². The molecular formula is C54H68N2O12. The van der Waals surface area contributed by atoms with Gasteiger partial charge in [-0.05, 0) is 105 Å². The first-order valence-electron chi connectivity index (χ1n) is 22.8. The van der Waals surface area contributed by atoms with Gasteiger partial charge in [0.25, 0.3) is 0 Å². The van der Waals surface area contributed by atoms with Crippen molar-refractivity contribution >= 4 is 35.1 Å². The van der Waals surface area contributed by atoms with Gasteiger partial charge in [0.2, 0.25) is 0 Å². The summed E-state index contributed by atoms with van der Waals surface area (Å²) in [4.78, 5) is 80.3. The fourth-order valence-corrected chi connectivity index (χ4v) is 7.63. The lowest BCUT2D eigenvalue weighted by Crippen LogP contribution is -2.32. The number of nitrogens with zero attached hydrogens (tertiary/aromatic N) is 2. The molecule has 366 valence electrons. The third-order valence-electron chi connectivity index (χ3n) is 11.5. The zero-order valence-corrected chi connectivity index (χ0v) is 41.0. The first-order chi connectivity index (χ1) is 31.6. The molecule has 0 bridgehead atoms. The molecule has 14 nitrogen and oxygen atoms in total. The van der Waals surface area contributed by atoms with E-state index in [2.05, 4.69) is 0 Å². The molecule has 14 heteroatoms. The lowest BCUT2D eigenvalue weighted by atomic mass is 9.91. The predicted molar refractivity (Wildman–Crippen MR) is 258 cm³/mol. The maximum Gasteiger partial charge on any atom is 0.305 e. The quantitative estimate of drug-likeness (QED) is 0.0303. The average Bonchev–Trinajstić information content (AvgIpc) is 3.26. The summed E-state index contributed by atoms with van der Waals surface area (Å²) in [5.74, 6) is -2.53. The van der Waals surface area contributed by atoms with Gasteiger partial charge in [-0.2, -0.15) is 0 Å². The Hall–Kier alpha value is -5.74. The maximum absolute atomic E-state index is 12.8. The van der Waals surface area contributed by atoms with Gasteiger partial charge in [-0.25, -0.2) is 0 Å². The number of ether oxygens (including phenoxy) is 2. The second-order valence-electron chi connectivity index (χ2n) is 19.5. The number of Topliss-reactive ketones (excluding diaryl/α,β-unsaturated/α-hetero) is 4. The SMILES string of the molecule is CN(CCOC(=O)CCCCC(=O)OCCN(C)C(c1ccc(C(=O)C(C)(C)O)cc1)c1ccc(C(=O)C(C)(C)O)cc1)C(c1ccc(C(=O)C(C)(C)O)cc1)c1ccc(C(=O)C(C)(C)O)cc1. The summed E-state index contributed by atoms with van der Waals surface area (Å²) in [7, 11) is 3.71. The molecule has 0 aliphatic rings. The normalized spacial score (nSPS) is 12.4. The lowest BCUT2D eigenvalue weighted by Gasteiger charge is -2.29. The van der Waals surface area contributed by atoms with Gasteiger partial charge >= 0.3 is 11.9 Å². The number of benzene rings is 4. The average molecular weight is 937 g/mol. The monoisotopic (exact) mass is 936 g/mol. The van der Waals surface area contributed by atoms with Gasteiger partial charge in [0.15, 0.2) is 23.1 Å². The van der Waals surface area contributed by atoms with Crippen LogP contribution in [0.4, 0.5) is 0 Å². The van der Waals surface area contributed by atoms with Crippen LogP contribution in [0.25, 0.3) is 0 Å². The molecule has 4 rings (SSSR count). The Balaban J connectivity index is 1.30. The topological polar surface area (TPSA) is 208 Å². The summed E-state index contributed by atoms with van der Waals surface area (Å²) in [6, 6.07) is 26.8. The standard InChI is InChI=1S/C54H68N2O12/c1-51(2,63)47(59)39-23-15-35(16-24-39)45(36-17-25-40(26-18-36)48(60)52(3,4)64)55(9)31-33-67-43(57)13-11-12-14-44(58)68-34-32-56(10)46(37-19-27-41(28-20-37)49(61)53(5,6)65)38-21-29-42(30-22-38)50(62)54(7,8)66/h15-30,45-46,63-66H,11-14,31-34H2,1-10H3. The number of hydrogen-bond acceptors (Lipinski definition) is 14. The number of carbonyl (C=O) groups is 6. The number of aliphatic hydroxyl groups is 4. The van der Waals surface area contributed by atoms with E-state index in [0.29, 0.717) is 48.2 Å². The molecule has 0 radical (unpaired) electrons. The van der Waals surface area contributed by atoms with Crippen LogP contribution in [0.15, 0.2) is 97.1 Å². The van der Waals surface area contributed by atoms with Crippen LogP contribution in [0.2, 0.25) is 0 Å². The van der Waals surface area contributed by atoms with Crippen molar-refractivity contribution in [2.75, 3.05) is 40.4 Å². The maximum atomic E-state index is 12.8. The van der Waals surface area contributed by atoms with Gasteiger partial charge in [-0.15, -0.1) is 0 Å². The number of ketones is 4. The van der Waals surface area contributed by atoms with E-state index >= 15 is 0 Å². The Morgan fingerprint density at radius 3 is 0.809 bits per heavy atom. The van der Waals surface area contributed by atoms with Crippen molar-refractivity contribution in [1.82, 2.24) is 9.80 Å². The molecule has 4 aromatic carbocycles. The van der Waals surface area contributed by atoms with E-state index in [1.54, 1.807) is 97.1 Å². The predicted octanol–water partition coefficient (Wildman–Crippen LogP) is 6.89. The van der Waals surface area contributed by atoms with Crippen LogP contribution < -0.4 is 0 Å². The smallest absolute Gasteiger partial charge is 0.305 e. The fourth-order valence-electron chi connectivity index (χ4n) is 7.63. The van der Waals surface area contributed by atoms with Crippen molar-refractivity contribution in [3.63, 3.8) is 0 Å². The molecule has 0 unspecified atom stereocenters. The minimum absolute atomic E-state index is 0.0686. The molecule has 4 N–H and O–H groups in total. The zero-order valence-electron chi connectivity index (χ0n) is 41.0. The molecular weight excluding hydrogens is 869 g/mol. The molecule has 0 aromatic heterocycles. The minimum Gasteiger partial charge on any atom is -0.464 e. The van der Waals surface area contributed by atoms with Crippen LogP contribution in [0.5, 0.6) is 0 Å². The Labute approximate surface area is 399 Å². The summed E-state index contributed by atoms with van der Waals surface area (Å²) in [5.41, 5.74) is -1.54. The molecule has 4 aromatic rings. The van der Waals surface area contributed by atoms with Crippen molar-refractivity contribution in [3.8, 4) is 0 Å². The Morgan fingerprint density at radius 1 is 0.412 bits per heavy atom. The summed E-state index contributed by atoms with van der Waals surface area (Å²) in [6.07, 6.45) is 0.993. The van der Waals surface area contributed by atoms with Gasteiger partial charge in [0.1, 0.15) is 35.6 Å². The molecule has 68 heavy (non-hydrogen) atoms. The van der Waals surface area contributed by atoms with Crippen LogP contribution in [0, 0.1) is 0 Å². The molecule has 0 aliphatic carbocycles. The highest BCUT2D eigenvalue weighted by molar-refractivity contribution is 6.03. The number of hydrogen-bond donors (Lipinski definition) is 4. The lowest BCUT2D eigenvalue weighted by molar-refractivity contribution is -0.146. The summed E-state index contributed by atoms with van der Waals surface area (Å²) >= 11 is 0. The number of esters is 2. The molecule has 0 spiro atoms. The number of likely N-dealkylation sites (N-methyl/N-ethyl adjacent to an activating group) is 2. The van der Waals surface area contributed by atoms with Gasteiger partial charge in [0, 0.05) is 48.2 Å². The molecule has 0 amide bonds. The van der Waals surface area contributed by atoms with Crippen molar-refractivity contribution in [2.45, 2.75) is 116 Å². The van der Waals surface area contributed by atoms with Crippen LogP contribution in [0.1, 0.15) is 157 Å². The molecule has 0 aliphatic heterocycles. The first-order valence-corrected chi connectivity index (χ1v) is 22.8. The molecule has 0 fully saturated rings. The van der Waals surface area contributed by atoms with E-state index < -0.39 is 57.5 Å². The Bertz CT molecular complexity index is 2060. The number of carbonyl (C=O) groups excluding carboxylic acids is 6. The second-order valence-corrected chi connectivity index (χ2v) is 19.5. The first kappa shape index (κ1) is 54.9. The van der Waals surface area contributed by atoms with E-state index in [1.807, 2.05) is 23.9 Å². The fraction of sp³-hybridized carbons (Fsp3) is 0.444. The van der Waals surface area contributed by atoms with Gasteiger partial charge in [-0.1, -0.05) is 97.1 Å². The van der Waals surface area contributed by atoms with Crippen molar-refractivity contribution in [2.24, 2.45) is 0 Å². The van der Waals surface area contributed by atoms with E-state index in [9.17, 15) is 49.2 Å². The van der Waals surface area contributed by atoms with Crippen molar-refractivity contribution in [1.29, 1.82) is 0 Å². The van der Waals surface area contributed by atoms with Crippen LogP contribution in [-0.4, -0.2) is 128 Å². The van der Waals surface area contributed by atoms with Crippen LogP contribution in [0.3, 0.4) is 0 Å². The Morgan fingerprint density at radius 2 is 0.618 bits per heavy atom. The molecule has 0 saturated carbocycles. The third kappa shape index (κ3) is 15.4. The summed E-state index contributed by atoms with van der Waals surface area (Å²) < 4.78 is 11.1. The highest BCUT2D eigenvalue weighted by Crippen LogP contribution is 2.31. The van der Waals surface area contributed by atoms with Gasteiger partial charge in [0.05, 0.1) is 12.1 Å². The summed E-state index contributed by atoms with van der Waals surface area (Å²) in [5, 5.41) is 41.0. The zero-order chi connectivity index (χ0) is 50.8. The molecule has 0 heterocycles. The van der Waals surface area contributed by atoms with E-state index in [0.717, 1.165) is 22.3 Å². The minimum atomic E-state index is -1.54. The van der Waals surface area contributed by atoms with E-state index in [1.165, 1.54) is 55.4 Å². The Kier molecular flexibility index (Phi) is 18.6. The van der Waals surface area contributed by atoms with Crippen LogP contribution in [-0.2, 0) is 19.1 Å². The number of rotatable bonds is 25. The van der Waals surface area contributed by atoms with Gasteiger partial charge < -0.3 is 29.9 Å². The molecule has 0 saturated heterocycles. The van der Waals surface area contributed by atoms with Crippen molar-refractivity contribution in [3.05, 3.63) is 142 Å². The summed E-state index contributed by atoms with van der Waals surface area (Å²) in [6.45, 7) is 12.2. The second kappa shape index (κ2) is 23.0. The van der Waals surface area contributed by atoms with Crippen LogP contribution >= 0.6 is 0 Å². The largest absolute Gasteiger partial charge is 0.464 e. The van der Waals surface area contributed by atoms with Crippen molar-refractivity contribution < 1.29 is 58.7 Å². The third-order valence-corrected chi connectivity index (χ3v) is 11.5. The number of unbranched alkanes of at least 4 members (excludes halogenated alkanes) is 1. The highest BCUT2D eigenvalue weighted by atomic mass is 16.5. The van der Waals surface area contributed by atoms with E-state index in [4.69, 9.17) is 9.47 Å². The van der Waals surface area contributed by atoms with Gasteiger partial charge in [-0.3, -0.25) is 38.6 Å². The highest BCUT2D eigenvalue weighted by Gasteiger charge is 2.30. The molecule has 0 atom stereocenters.